The molecule has 2 amide bonds. The van der Waals surface area contributed by atoms with Gasteiger partial charge in [0, 0.05) is 41.6 Å². The van der Waals surface area contributed by atoms with Crippen LogP contribution in [0.15, 0.2) is 83.8 Å². The molecule has 190 valence electrons. The number of halogens is 1. The third-order valence-corrected chi connectivity index (χ3v) is 7.20. The molecule has 0 radical (unpaired) electrons. The highest BCUT2D eigenvalue weighted by Crippen LogP contribution is 2.22. The van der Waals surface area contributed by atoms with Crippen molar-refractivity contribution in [2.24, 2.45) is 0 Å². The second-order valence-corrected chi connectivity index (χ2v) is 10.5. The first kappa shape index (κ1) is 27.8. The van der Waals surface area contributed by atoms with Crippen molar-refractivity contribution in [2.45, 2.75) is 57.0 Å². The number of hydrogen-bond donors (Lipinski definition) is 1. The quantitative estimate of drug-likeness (QED) is 0.201. The van der Waals surface area contributed by atoms with Crippen LogP contribution in [0.1, 0.15) is 42.9 Å². The van der Waals surface area contributed by atoms with Crippen molar-refractivity contribution in [2.75, 3.05) is 12.3 Å². The monoisotopic (exact) mass is 522 g/mol. The molecular weight excluding hydrogens is 488 g/mol. The molecule has 0 saturated heterocycles. The summed E-state index contributed by atoms with van der Waals surface area (Å²) in [6, 6.07) is 25.1. The third kappa shape index (κ3) is 9.03. The maximum Gasteiger partial charge on any atom is 0.243 e. The fourth-order valence-electron chi connectivity index (χ4n) is 3.93. The van der Waals surface area contributed by atoms with Crippen LogP contribution in [0.4, 0.5) is 0 Å². The average Bonchev–Trinajstić information content (AvgIpc) is 2.88. The Morgan fingerprint density at radius 3 is 2.39 bits per heavy atom. The Labute approximate surface area is 224 Å². The van der Waals surface area contributed by atoms with E-state index in [-0.39, 0.29) is 11.8 Å². The lowest BCUT2D eigenvalue weighted by Gasteiger charge is -2.31. The number of nitrogens with zero attached hydrogens (tertiary/aromatic N) is 1. The molecule has 3 rings (SSSR count). The number of hydrogen-bond acceptors (Lipinski definition) is 3. The Morgan fingerprint density at radius 1 is 0.972 bits per heavy atom. The van der Waals surface area contributed by atoms with Crippen molar-refractivity contribution < 1.29 is 9.59 Å². The zero-order valence-corrected chi connectivity index (χ0v) is 22.7. The van der Waals surface area contributed by atoms with Crippen LogP contribution in [0.3, 0.4) is 0 Å². The molecule has 36 heavy (non-hydrogen) atoms. The van der Waals surface area contributed by atoms with Crippen LogP contribution in [-0.4, -0.2) is 35.1 Å². The summed E-state index contributed by atoms with van der Waals surface area (Å²) in [6.07, 6.45) is 2.69. The van der Waals surface area contributed by atoms with Gasteiger partial charge in [0.25, 0.3) is 0 Å². The number of nitrogens with one attached hydrogen (secondary N) is 1. The maximum atomic E-state index is 13.6. The summed E-state index contributed by atoms with van der Waals surface area (Å²) in [5.74, 6) is 0.485. The summed E-state index contributed by atoms with van der Waals surface area (Å²) in [4.78, 5) is 29.9. The van der Waals surface area contributed by atoms with Crippen molar-refractivity contribution in [3.05, 3.63) is 101 Å². The first-order valence-corrected chi connectivity index (χ1v) is 13.9. The molecule has 6 heteroatoms. The van der Waals surface area contributed by atoms with Crippen molar-refractivity contribution in [1.82, 2.24) is 10.2 Å². The lowest BCUT2D eigenvalue weighted by atomic mass is 10.0. The molecule has 0 aliphatic carbocycles. The van der Waals surface area contributed by atoms with Gasteiger partial charge in [0.2, 0.25) is 11.8 Å². The van der Waals surface area contributed by atoms with E-state index >= 15 is 0 Å². The Balaban J connectivity index is 1.82. The van der Waals surface area contributed by atoms with Crippen LogP contribution in [-0.2, 0) is 22.6 Å². The highest BCUT2D eigenvalue weighted by Gasteiger charge is 2.30. The first-order valence-electron chi connectivity index (χ1n) is 12.5. The van der Waals surface area contributed by atoms with Gasteiger partial charge in [-0.15, -0.1) is 11.8 Å². The van der Waals surface area contributed by atoms with E-state index in [1.165, 1.54) is 5.56 Å². The number of thioether (sulfide) groups is 1. The van der Waals surface area contributed by atoms with Crippen molar-refractivity contribution in [3.8, 4) is 0 Å². The zero-order chi connectivity index (χ0) is 25.8. The van der Waals surface area contributed by atoms with Crippen LogP contribution in [0.25, 0.3) is 0 Å². The summed E-state index contributed by atoms with van der Waals surface area (Å²) in [7, 11) is 0. The van der Waals surface area contributed by atoms with Gasteiger partial charge in [0.1, 0.15) is 6.04 Å². The molecule has 0 heterocycles. The topological polar surface area (TPSA) is 49.4 Å². The number of aryl methyl sites for hydroxylation is 1. The fraction of sp³-hybridized carbons (Fsp3) is 0.333. The average molecular weight is 523 g/mol. The Morgan fingerprint density at radius 2 is 1.69 bits per heavy atom. The number of unbranched alkanes of at least 4 members (excludes halogenated alkanes) is 1. The van der Waals surface area contributed by atoms with Crippen LogP contribution >= 0.6 is 23.4 Å². The van der Waals surface area contributed by atoms with Crippen molar-refractivity contribution in [1.29, 1.82) is 0 Å². The van der Waals surface area contributed by atoms with E-state index in [1.807, 2.05) is 54.6 Å². The van der Waals surface area contributed by atoms with E-state index in [2.05, 4.69) is 43.4 Å². The molecule has 0 aromatic heterocycles. The number of carbonyl (C=O) groups excluding carboxylic acids is 2. The van der Waals surface area contributed by atoms with Gasteiger partial charge in [-0.1, -0.05) is 85.1 Å². The third-order valence-electron chi connectivity index (χ3n) is 5.95. The SMILES string of the molecule is CCCCNC(=O)[C@H](Cc1ccccc1)N(Cc1cccc(Cl)c1)C(=O)CCSc1ccc(C)cc1. The summed E-state index contributed by atoms with van der Waals surface area (Å²) < 4.78 is 0. The molecule has 4 nitrogen and oxygen atoms in total. The second-order valence-electron chi connectivity index (χ2n) is 8.91. The summed E-state index contributed by atoms with van der Waals surface area (Å²) in [5.41, 5.74) is 3.13. The highest BCUT2D eigenvalue weighted by atomic mass is 35.5. The summed E-state index contributed by atoms with van der Waals surface area (Å²) in [6.45, 7) is 5.08. The van der Waals surface area contributed by atoms with E-state index in [1.54, 1.807) is 16.7 Å². The van der Waals surface area contributed by atoms with E-state index in [0.29, 0.717) is 36.7 Å². The molecule has 0 bridgehead atoms. The van der Waals surface area contributed by atoms with Crippen LogP contribution < -0.4 is 5.32 Å². The maximum absolute atomic E-state index is 13.6. The minimum atomic E-state index is -0.611. The molecule has 3 aromatic rings. The smallest absolute Gasteiger partial charge is 0.243 e. The predicted molar refractivity (Wildman–Crippen MR) is 150 cm³/mol. The molecule has 1 atom stereocenters. The summed E-state index contributed by atoms with van der Waals surface area (Å²) >= 11 is 7.90. The molecule has 0 spiro atoms. The van der Waals surface area contributed by atoms with Crippen molar-refractivity contribution >= 4 is 35.2 Å². The molecular formula is C30H35ClN2O2S. The highest BCUT2D eigenvalue weighted by molar-refractivity contribution is 7.99. The first-order chi connectivity index (χ1) is 17.5. The van der Waals surface area contributed by atoms with Crippen LogP contribution in [0, 0.1) is 6.92 Å². The van der Waals surface area contributed by atoms with Gasteiger partial charge < -0.3 is 10.2 Å². The Bertz CT molecular complexity index is 1110. The molecule has 1 N–H and O–H groups in total. The van der Waals surface area contributed by atoms with E-state index < -0.39 is 6.04 Å². The largest absolute Gasteiger partial charge is 0.354 e. The zero-order valence-electron chi connectivity index (χ0n) is 21.1. The lowest BCUT2D eigenvalue weighted by Crippen LogP contribution is -2.50. The summed E-state index contributed by atoms with van der Waals surface area (Å²) in [5, 5.41) is 3.67. The van der Waals surface area contributed by atoms with Crippen molar-refractivity contribution in [3.63, 3.8) is 0 Å². The number of rotatable bonds is 13. The van der Waals surface area contributed by atoms with Gasteiger partial charge >= 0.3 is 0 Å². The molecule has 3 aromatic carbocycles. The van der Waals surface area contributed by atoms with E-state index in [9.17, 15) is 9.59 Å². The minimum absolute atomic E-state index is 0.0406. The van der Waals surface area contributed by atoms with Gasteiger partial charge in [0.05, 0.1) is 0 Å². The Hall–Kier alpha value is -2.76. The van der Waals surface area contributed by atoms with E-state index in [4.69, 9.17) is 11.6 Å². The molecule has 0 aliphatic rings. The second kappa shape index (κ2) is 14.7. The van der Waals surface area contributed by atoms with Gasteiger partial charge in [-0.2, -0.15) is 0 Å². The molecule has 0 aliphatic heterocycles. The Kier molecular flexibility index (Phi) is 11.4. The minimum Gasteiger partial charge on any atom is -0.354 e. The molecule has 0 unspecified atom stereocenters. The predicted octanol–water partition coefficient (Wildman–Crippen LogP) is 6.69. The van der Waals surface area contributed by atoms with Gasteiger partial charge in [-0.25, -0.2) is 0 Å². The fourth-order valence-corrected chi connectivity index (χ4v) is 4.98. The normalized spacial score (nSPS) is 11.6. The lowest BCUT2D eigenvalue weighted by molar-refractivity contribution is -0.141. The number of amides is 2. The molecule has 0 fully saturated rings. The van der Waals surface area contributed by atoms with Crippen LogP contribution in [0.2, 0.25) is 5.02 Å². The van der Waals surface area contributed by atoms with Crippen LogP contribution in [0.5, 0.6) is 0 Å². The number of carbonyl (C=O) groups is 2. The number of benzene rings is 3. The van der Waals surface area contributed by atoms with Gasteiger partial charge in [-0.05, 0) is 48.7 Å². The van der Waals surface area contributed by atoms with Gasteiger partial charge in [0.15, 0.2) is 0 Å². The van der Waals surface area contributed by atoms with Gasteiger partial charge in [-0.3, -0.25) is 9.59 Å². The van der Waals surface area contributed by atoms with E-state index in [0.717, 1.165) is 28.9 Å². The molecule has 0 saturated carbocycles. The standard InChI is InChI=1S/C30H35ClN2O2S/c1-3-4-18-32-30(35)28(21-24-9-6-5-7-10-24)33(22-25-11-8-12-26(31)20-25)29(34)17-19-36-27-15-13-23(2)14-16-27/h5-16,20,28H,3-4,17-19,21-22H2,1-2H3,(H,32,35)/t28-/m0/s1.